The van der Waals surface area contributed by atoms with Gasteiger partial charge in [-0.25, -0.2) is 0 Å². The summed E-state index contributed by atoms with van der Waals surface area (Å²) in [4.78, 5) is 14.5. The van der Waals surface area contributed by atoms with Gasteiger partial charge in [-0.3, -0.25) is 4.79 Å². The van der Waals surface area contributed by atoms with E-state index in [4.69, 9.17) is 5.73 Å². The van der Waals surface area contributed by atoms with E-state index in [2.05, 4.69) is 0 Å². The summed E-state index contributed by atoms with van der Waals surface area (Å²) in [6, 6.07) is 7.68. The Morgan fingerprint density at radius 3 is 2.80 bits per heavy atom. The predicted molar refractivity (Wildman–Crippen MR) is 62.8 cm³/mol. The fourth-order valence-corrected chi connectivity index (χ4v) is 2.81. The molecule has 1 aliphatic rings. The second-order valence-corrected chi connectivity index (χ2v) is 4.94. The van der Waals surface area contributed by atoms with Gasteiger partial charge in [0.25, 0.3) is 0 Å². The quantitative estimate of drug-likeness (QED) is 0.773. The Kier molecular flexibility index (Phi) is 2.86. The first kappa shape index (κ1) is 10.4. The molecule has 1 heterocycles. The van der Waals surface area contributed by atoms with Gasteiger partial charge in [-0.15, -0.1) is 11.8 Å². The van der Waals surface area contributed by atoms with Gasteiger partial charge in [0, 0.05) is 24.2 Å². The monoisotopic (exact) mass is 222 g/mol. The zero-order chi connectivity index (χ0) is 10.8. The van der Waals surface area contributed by atoms with Gasteiger partial charge in [-0.2, -0.15) is 0 Å². The molecule has 1 unspecified atom stereocenters. The minimum absolute atomic E-state index is 0.0414. The molecule has 0 aromatic heterocycles. The van der Waals surface area contributed by atoms with Crippen molar-refractivity contribution >= 4 is 23.4 Å². The molecule has 0 aliphatic carbocycles. The van der Waals surface area contributed by atoms with Crippen LogP contribution in [0.2, 0.25) is 0 Å². The van der Waals surface area contributed by atoms with Crippen LogP contribution in [-0.4, -0.2) is 29.6 Å². The van der Waals surface area contributed by atoms with Crippen LogP contribution in [-0.2, 0) is 4.79 Å². The molecule has 2 N–H and O–H groups in total. The van der Waals surface area contributed by atoms with Crippen LogP contribution in [0.25, 0.3) is 0 Å². The molecule has 1 aliphatic heterocycles. The highest BCUT2D eigenvalue weighted by atomic mass is 32.2. The first-order valence-electron chi connectivity index (χ1n) is 4.94. The number of carbonyl (C=O) groups is 1. The number of hydrogen-bond donors (Lipinski definition) is 1. The van der Waals surface area contributed by atoms with Crippen LogP contribution >= 0.6 is 11.8 Å². The maximum atomic E-state index is 11.7. The highest BCUT2D eigenvalue weighted by Gasteiger charge is 2.29. The predicted octanol–water partition coefficient (Wildman–Crippen LogP) is 1.59. The number of nitrogen functional groups attached to an aromatic ring is 1. The summed E-state index contributed by atoms with van der Waals surface area (Å²) in [7, 11) is 1.84. The number of rotatable bonds is 2. The van der Waals surface area contributed by atoms with E-state index in [-0.39, 0.29) is 11.2 Å². The Hall–Kier alpha value is -1.16. The molecule has 1 aromatic rings. The highest BCUT2D eigenvalue weighted by Crippen LogP contribution is 2.33. The number of carbonyl (C=O) groups excluding carboxylic acids is 1. The van der Waals surface area contributed by atoms with Crippen molar-refractivity contribution in [1.29, 1.82) is 0 Å². The number of benzene rings is 1. The molecule has 4 heteroatoms. The van der Waals surface area contributed by atoms with Crippen molar-refractivity contribution in [2.45, 2.75) is 16.6 Å². The Bertz CT molecular complexity index is 381. The minimum Gasteiger partial charge on any atom is -0.398 e. The molecule has 3 nitrogen and oxygen atoms in total. The maximum absolute atomic E-state index is 11.7. The van der Waals surface area contributed by atoms with Gasteiger partial charge in [0.15, 0.2) is 0 Å². The summed E-state index contributed by atoms with van der Waals surface area (Å²) in [6.07, 6.45) is 0.911. The summed E-state index contributed by atoms with van der Waals surface area (Å²) in [5.41, 5.74) is 6.59. The highest BCUT2D eigenvalue weighted by molar-refractivity contribution is 8.00. The number of amides is 1. The van der Waals surface area contributed by atoms with Crippen LogP contribution in [0.5, 0.6) is 0 Å². The summed E-state index contributed by atoms with van der Waals surface area (Å²) in [6.45, 7) is 0.850. The molecule has 1 fully saturated rings. The number of thioether (sulfide) groups is 1. The molecule has 1 amide bonds. The zero-order valence-electron chi connectivity index (χ0n) is 8.64. The average Bonchev–Trinajstić information content (AvgIpc) is 2.53. The smallest absolute Gasteiger partial charge is 0.235 e. The maximum Gasteiger partial charge on any atom is 0.235 e. The average molecular weight is 222 g/mol. The van der Waals surface area contributed by atoms with Gasteiger partial charge in [-0.1, -0.05) is 12.1 Å². The molecule has 80 valence electrons. The van der Waals surface area contributed by atoms with Gasteiger partial charge in [-0.05, 0) is 18.6 Å². The topological polar surface area (TPSA) is 46.3 Å². The fraction of sp³-hybridized carbons (Fsp3) is 0.364. The molecule has 1 aromatic carbocycles. The van der Waals surface area contributed by atoms with Crippen molar-refractivity contribution in [3.05, 3.63) is 24.3 Å². The molecule has 0 saturated carbocycles. The molecule has 1 saturated heterocycles. The third-order valence-electron chi connectivity index (χ3n) is 2.57. The normalized spacial score (nSPS) is 21.0. The summed E-state index contributed by atoms with van der Waals surface area (Å²) in [5.74, 6) is 0.211. The zero-order valence-corrected chi connectivity index (χ0v) is 9.46. The van der Waals surface area contributed by atoms with Crippen molar-refractivity contribution in [3.63, 3.8) is 0 Å². The standard InChI is InChI=1S/C11H14N2OS/c1-13-7-6-10(11(13)14)15-9-5-3-2-4-8(9)12/h2-5,10H,6-7,12H2,1H3. The van der Waals surface area contributed by atoms with E-state index in [0.717, 1.165) is 23.5 Å². The Balaban J connectivity index is 2.10. The number of anilines is 1. The lowest BCUT2D eigenvalue weighted by Gasteiger charge is -2.11. The van der Waals surface area contributed by atoms with E-state index < -0.39 is 0 Å². The van der Waals surface area contributed by atoms with Crippen molar-refractivity contribution in [1.82, 2.24) is 4.90 Å². The molecular weight excluding hydrogens is 208 g/mol. The summed E-state index contributed by atoms with van der Waals surface area (Å²) >= 11 is 1.57. The lowest BCUT2D eigenvalue weighted by Crippen LogP contribution is -2.23. The second kappa shape index (κ2) is 4.14. The molecular formula is C11H14N2OS. The first-order chi connectivity index (χ1) is 7.18. The number of hydrogen-bond acceptors (Lipinski definition) is 3. The van der Waals surface area contributed by atoms with Gasteiger partial charge in [0.05, 0.1) is 5.25 Å². The van der Waals surface area contributed by atoms with Gasteiger partial charge in [0.1, 0.15) is 0 Å². The number of nitrogens with zero attached hydrogens (tertiary/aromatic N) is 1. The van der Waals surface area contributed by atoms with E-state index >= 15 is 0 Å². The first-order valence-corrected chi connectivity index (χ1v) is 5.82. The third-order valence-corrected chi connectivity index (χ3v) is 3.91. The van der Waals surface area contributed by atoms with E-state index in [1.165, 1.54) is 0 Å². The Morgan fingerprint density at radius 1 is 1.47 bits per heavy atom. The molecule has 0 spiro atoms. The Morgan fingerprint density at radius 2 is 2.20 bits per heavy atom. The molecule has 15 heavy (non-hydrogen) atoms. The van der Waals surface area contributed by atoms with Gasteiger partial charge >= 0.3 is 0 Å². The lowest BCUT2D eigenvalue weighted by atomic mass is 10.3. The van der Waals surface area contributed by atoms with Crippen molar-refractivity contribution in [3.8, 4) is 0 Å². The summed E-state index contributed by atoms with van der Waals surface area (Å²) < 4.78 is 0. The van der Waals surface area contributed by atoms with Gasteiger partial charge < -0.3 is 10.6 Å². The van der Waals surface area contributed by atoms with Crippen LogP contribution in [0.4, 0.5) is 5.69 Å². The van der Waals surface area contributed by atoms with Crippen molar-refractivity contribution in [2.75, 3.05) is 19.3 Å². The van der Waals surface area contributed by atoms with Crippen LogP contribution in [0.1, 0.15) is 6.42 Å². The second-order valence-electron chi connectivity index (χ2n) is 3.69. The van der Waals surface area contributed by atoms with Gasteiger partial charge in [0.2, 0.25) is 5.91 Å². The van der Waals surface area contributed by atoms with E-state index in [1.54, 1.807) is 16.7 Å². The fourth-order valence-electron chi connectivity index (χ4n) is 1.64. The van der Waals surface area contributed by atoms with Crippen LogP contribution in [0, 0.1) is 0 Å². The number of likely N-dealkylation sites (tertiary alicyclic amines) is 1. The van der Waals surface area contributed by atoms with E-state index in [9.17, 15) is 4.79 Å². The van der Waals surface area contributed by atoms with Crippen molar-refractivity contribution in [2.24, 2.45) is 0 Å². The van der Waals surface area contributed by atoms with Crippen LogP contribution < -0.4 is 5.73 Å². The number of para-hydroxylation sites is 1. The molecule has 1 atom stereocenters. The van der Waals surface area contributed by atoms with E-state index in [1.807, 2.05) is 31.3 Å². The largest absolute Gasteiger partial charge is 0.398 e. The SMILES string of the molecule is CN1CCC(Sc2ccccc2N)C1=O. The molecule has 0 bridgehead atoms. The summed E-state index contributed by atoms with van der Waals surface area (Å²) in [5, 5.41) is 0.0414. The number of nitrogens with two attached hydrogens (primary N) is 1. The molecule has 2 rings (SSSR count). The Labute approximate surface area is 93.6 Å². The third kappa shape index (κ3) is 2.09. The van der Waals surface area contributed by atoms with Crippen LogP contribution in [0.3, 0.4) is 0 Å². The van der Waals surface area contributed by atoms with Crippen LogP contribution in [0.15, 0.2) is 29.2 Å². The van der Waals surface area contributed by atoms with Crippen molar-refractivity contribution < 1.29 is 4.79 Å². The van der Waals surface area contributed by atoms with E-state index in [0.29, 0.717) is 0 Å². The lowest BCUT2D eigenvalue weighted by molar-refractivity contribution is -0.126. The molecule has 0 radical (unpaired) electrons. The minimum atomic E-state index is 0.0414.